The first-order chi connectivity index (χ1) is 3.41. The van der Waals surface area contributed by atoms with Crippen LogP contribution in [-0.2, 0) is 4.74 Å². The summed E-state index contributed by atoms with van der Waals surface area (Å²) in [6, 6.07) is 0. The Morgan fingerprint density at radius 2 is 2.43 bits per heavy atom. The monoisotopic (exact) mass is 102 g/mol. The molecule has 0 aromatic heterocycles. The van der Waals surface area contributed by atoms with Crippen molar-refractivity contribution in [3.8, 4) is 0 Å². The van der Waals surface area contributed by atoms with Gasteiger partial charge >= 0.3 is 0 Å². The standard InChI is InChI=1S/C5H10O2/c1-7-5-3-2-4-6/h2,4,6H,3,5H2,1H3/b4-2-. The van der Waals surface area contributed by atoms with Gasteiger partial charge in [0.2, 0.25) is 0 Å². The van der Waals surface area contributed by atoms with Crippen molar-refractivity contribution in [1.82, 2.24) is 0 Å². The molecule has 42 valence electrons. The largest absolute Gasteiger partial charge is 0.516 e. The minimum absolute atomic E-state index is 0.678. The molecule has 0 saturated carbocycles. The summed E-state index contributed by atoms with van der Waals surface area (Å²) in [5.41, 5.74) is 0. The van der Waals surface area contributed by atoms with Gasteiger partial charge in [-0.05, 0) is 12.5 Å². The molecule has 7 heavy (non-hydrogen) atoms. The molecular formula is C5H10O2. The fourth-order valence-corrected chi connectivity index (χ4v) is 0.260. The smallest absolute Gasteiger partial charge is 0.0752 e. The van der Waals surface area contributed by atoms with Crippen molar-refractivity contribution in [3.63, 3.8) is 0 Å². The average Bonchev–Trinajstić information content (AvgIpc) is 1.69. The molecule has 0 bridgehead atoms. The fraction of sp³-hybridized carbons (Fsp3) is 0.600. The van der Waals surface area contributed by atoms with E-state index in [1.54, 1.807) is 13.2 Å². The fourth-order valence-electron chi connectivity index (χ4n) is 0.260. The van der Waals surface area contributed by atoms with Crippen LogP contribution in [-0.4, -0.2) is 18.8 Å². The van der Waals surface area contributed by atoms with Crippen LogP contribution in [0.15, 0.2) is 12.3 Å². The van der Waals surface area contributed by atoms with E-state index < -0.39 is 0 Å². The summed E-state index contributed by atoms with van der Waals surface area (Å²) in [6.45, 7) is 0.678. The van der Waals surface area contributed by atoms with Gasteiger partial charge in [0.1, 0.15) is 0 Å². The zero-order chi connectivity index (χ0) is 5.54. The molecule has 0 aliphatic rings. The molecule has 2 heteroatoms. The summed E-state index contributed by atoms with van der Waals surface area (Å²) in [6.07, 6.45) is 3.45. The second-order valence-electron chi connectivity index (χ2n) is 1.17. The maximum absolute atomic E-state index is 8.06. The molecule has 0 saturated heterocycles. The van der Waals surface area contributed by atoms with Gasteiger partial charge in [-0.15, -0.1) is 0 Å². The van der Waals surface area contributed by atoms with E-state index in [4.69, 9.17) is 5.11 Å². The van der Waals surface area contributed by atoms with Crippen LogP contribution >= 0.6 is 0 Å². The minimum atomic E-state index is 0.678. The van der Waals surface area contributed by atoms with Gasteiger partial charge in [-0.3, -0.25) is 0 Å². The van der Waals surface area contributed by atoms with E-state index in [0.29, 0.717) is 6.61 Å². The number of hydrogen-bond donors (Lipinski definition) is 1. The van der Waals surface area contributed by atoms with Crippen LogP contribution in [0.25, 0.3) is 0 Å². The molecule has 0 radical (unpaired) electrons. The van der Waals surface area contributed by atoms with Gasteiger partial charge < -0.3 is 9.84 Å². The van der Waals surface area contributed by atoms with Gasteiger partial charge in [-0.1, -0.05) is 0 Å². The van der Waals surface area contributed by atoms with Gasteiger partial charge in [0, 0.05) is 13.7 Å². The molecule has 0 atom stereocenters. The highest BCUT2D eigenvalue weighted by atomic mass is 16.5. The predicted molar refractivity (Wildman–Crippen MR) is 28.3 cm³/mol. The molecule has 0 aromatic rings. The molecule has 0 aliphatic heterocycles. The normalized spacial score (nSPS) is 10.4. The zero-order valence-electron chi connectivity index (χ0n) is 4.42. The van der Waals surface area contributed by atoms with Gasteiger partial charge in [-0.25, -0.2) is 0 Å². The first kappa shape index (κ1) is 6.50. The molecule has 0 rings (SSSR count). The summed E-state index contributed by atoms with van der Waals surface area (Å²) < 4.78 is 4.68. The topological polar surface area (TPSA) is 29.5 Å². The first-order valence-corrected chi connectivity index (χ1v) is 2.20. The molecular weight excluding hydrogens is 92.1 g/mol. The second-order valence-corrected chi connectivity index (χ2v) is 1.17. The van der Waals surface area contributed by atoms with Gasteiger partial charge in [0.05, 0.1) is 6.26 Å². The van der Waals surface area contributed by atoms with Crippen molar-refractivity contribution in [2.24, 2.45) is 0 Å². The van der Waals surface area contributed by atoms with Gasteiger partial charge in [0.25, 0.3) is 0 Å². The number of aliphatic hydroxyl groups excluding tert-OH is 1. The maximum atomic E-state index is 8.06. The Morgan fingerprint density at radius 1 is 1.71 bits per heavy atom. The quantitative estimate of drug-likeness (QED) is 0.427. The zero-order valence-corrected chi connectivity index (χ0v) is 4.42. The summed E-state index contributed by atoms with van der Waals surface area (Å²) in [5.74, 6) is 0. The Labute approximate surface area is 43.4 Å². The summed E-state index contributed by atoms with van der Waals surface area (Å²) >= 11 is 0. The third kappa shape index (κ3) is 5.50. The lowest BCUT2D eigenvalue weighted by atomic mass is 10.4. The third-order valence-electron chi connectivity index (χ3n) is 0.594. The van der Waals surface area contributed by atoms with E-state index >= 15 is 0 Å². The van der Waals surface area contributed by atoms with E-state index in [1.165, 1.54) is 0 Å². The molecule has 0 fully saturated rings. The van der Waals surface area contributed by atoms with Crippen LogP contribution in [0.2, 0.25) is 0 Å². The molecule has 0 aliphatic carbocycles. The Bertz CT molecular complexity index is 50.0. The van der Waals surface area contributed by atoms with E-state index in [9.17, 15) is 0 Å². The number of hydrogen-bond acceptors (Lipinski definition) is 2. The van der Waals surface area contributed by atoms with Gasteiger partial charge in [0.15, 0.2) is 0 Å². The van der Waals surface area contributed by atoms with Crippen LogP contribution in [0.4, 0.5) is 0 Å². The number of aliphatic hydroxyl groups is 1. The molecule has 2 nitrogen and oxygen atoms in total. The van der Waals surface area contributed by atoms with Crippen molar-refractivity contribution >= 4 is 0 Å². The predicted octanol–water partition coefficient (Wildman–Crippen LogP) is 1.09. The van der Waals surface area contributed by atoms with E-state index in [1.807, 2.05) is 0 Å². The van der Waals surface area contributed by atoms with E-state index in [2.05, 4.69) is 4.74 Å². The van der Waals surface area contributed by atoms with Crippen LogP contribution in [0, 0.1) is 0 Å². The third-order valence-corrected chi connectivity index (χ3v) is 0.594. The molecule has 0 heterocycles. The Kier molecular flexibility index (Phi) is 5.11. The average molecular weight is 102 g/mol. The number of methoxy groups -OCH3 is 1. The highest BCUT2D eigenvalue weighted by Gasteiger charge is 1.72. The highest BCUT2D eigenvalue weighted by Crippen LogP contribution is 1.79. The summed E-state index contributed by atoms with van der Waals surface area (Å²) in [4.78, 5) is 0. The van der Waals surface area contributed by atoms with Gasteiger partial charge in [-0.2, -0.15) is 0 Å². The lowest BCUT2D eigenvalue weighted by Crippen LogP contribution is -1.82. The van der Waals surface area contributed by atoms with E-state index in [-0.39, 0.29) is 0 Å². The van der Waals surface area contributed by atoms with Crippen LogP contribution in [0.5, 0.6) is 0 Å². The lowest BCUT2D eigenvalue weighted by molar-refractivity contribution is 0.204. The Hall–Kier alpha value is -0.500. The van der Waals surface area contributed by atoms with Crippen LogP contribution in [0.1, 0.15) is 6.42 Å². The highest BCUT2D eigenvalue weighted by molar-refractivity contribution is 4.69. The lowest BCUT2D eigenvalue weighted by Gasteiger charge is -1.87. The SMILES string of the molecule is COCC/C=C\O. The maximum Gasteiger partial charge on any atom is 0.0752 e. The van der Waals surface area contributed by atoms with Crippen molar-refractivity contribution in [1.29, 1.82) is 0 Å². The van der Waals surface area contributed by atoms with Crippen molar-refractivity contribution in [2.75, 3.05) is 13.7 Å². The Balaban J connectivity index is 2.69. The molecule has 0 unspecified atom stereocenters. The molecule has 0 aromatic carbocycles. The van der Waals surface area contributed by atoms with Crippen molar-refractivity contribution in [3.05, 3.63) is 12.3 Å². The van der Waals surface area contributed by atoms with Crippen molar-refractivity contribution < 1.29 is 9.84 Å². The number of rotatable bonds is 3. The summed E-state index contributed by atoms with van der Waals surface area (Å²) in [5, 5.41) is 8.06. The first-order valence-electron chi connectivity index (χ1n) is 2.20. The van der Waals surface area contributed by atoms with Crippen LogP contribution < -0.4 is 0 Å². The second kappa shape index (κ2) is 5.50. The molecule has 0 amide bonds. The Morgan fingerprint density at radius 3 is 2.86 bits per heavy atom. The molecule has 1 N–H and O–H groups in total. The van der Waals surface area contributed by atoms with Crippen molar-refractivity contribution in [2.45, 2.75) is 6.42 Å². The van der Waals surface area contributed by atoms with E-state index in [0.717, 1.165) is 12.7 Å². The van der Waals surface area contributed by atoms with Crippen LogP contribution in [0.3, 0.4) is 0 Å². The summed E-state index contributed by atoms with van der Waals surface area (Å²) in [7, 11) is 1.63. The minimum Gasteiger partial charge on any atom is -0.516 e. The number of ether oxygens (including phenoxy) is 1. The molecule has 0 spiro atoms.